The number of nitrogens with one attached hydrogen (secondary N) is 1. The molecule has 1 aliphatic rings. The predicted molar refractivity (Wildman–Crippen MR) is 123 cm³/mol. The molecular weight excluding hydrogens is 422 g/mol. The molecule has 0 bridgehead atoms. The minimum Gasteiger partial charge on any atom is -0.495 e. The molecule has 1 aromatic carbocycles. The van der Waals surface area contributed by atoms with Crippen LogP contribution in [-0.2, 0) is 7.05 Å². The van der Waals surface area contributed by atoms with Crippen LogP contribution in [0.4, 0.5) is 5.69 Å². The van der Waals surface area contributed by atoms with Crippen LogP contribution in [0.5, 0.6) is 5.75 Å². The SMILES string of the molecule is COc1ccccc1NC(=O)c1cnc([C@H]2CCN(C(=O)c3ccc(=O)n(C)c3)C2)nc1C. The summed E-state index contributed by atoms with van der Waals surface area (Å²) in [6, 6.07) is 10.1. The van der Waals surface area contributed by atoms with Crippen LogP contribution in [0.15, 0.2) is 53.6 Å². The van der Waals surface area contributed by atoms with E-state index in [0.717, 1.165) is 6.42 Å². The Hall–Kier alpha value is -4.01. The lowest BCUT2D eigenvalue weighted by molar-refractivity contribution is 0.0789. The number of pyridine rings is 1. The maximum atomic E-state index is 12.8. The highest BCUT2D eigenvalue weighted by Crippen LogP contribution is 2.27. The molecule has 1 fully saturated rings. The molecule has 0 saturated carbocycles. The van der Waals surface area contributed by atoms with Crippen molar-refractivity contribution < 1.29 is 14.3 Å². The summed E-state index contributed by atoms with van der Waals surface area (Å²) in [5.41, 5.74) is 1.82. The number of amides is 2. The molecule has 9 nitrogen and oxygen atoms in total. The fraction of sp³-hybridized carbons (Fsp3) is 0.292. The summed E-state index contributed by atoms with van der Waals surface area (Å²) in [7, 11) is 3.16. The van der Waals surface area contributed by atoms with E-state index in [-0.39, 0.29) is 23.3 Å². The van der Waals surface area contributed by atoms with Gasteiger partial charge in [-0.25, -0.2) is 9.97 Å². The van der Waals surface area contributed by atoms with Gasteiger partial charge in [0.15, 0.2) is 0 Å². The molecule has 1 N–H and O–H groups in total. The average Bonchev–Trinajstić information content (AvgIpc) is 3.31. The van der Waals surface area contributed by atoms with E-state index in [2.05, 4.69) is 15.3 Å². The fourth-order valence-electron chi connectivity index (χ4n) is 3.90. The molecule has 2 aromatic heterocycles. The lowest BCUT2D eigenvalue weighted by Crippen LogP contribution is -2.30. The maximum Gasteiger partial charge on any atom is 0.259 e. The predicted octanol–water partition coefficient (Wildman–Crippen LogP) is 2.37. The Morgan fingerprint density at radius 3 is 2.70 bits per heavy atom. The lowest BCUT2D eigenvalue weighted by atomic mass is 10.1. The smallest absolute Gasteiger partial charge is 0.259 e. The number of aromatic nitrogens is 3. The minimum absolute atomic E-state index is 0.0217. The molecule has 1 saturated heterocycles. The van der Waals surface area contributed by atoms with Gasteiger partial charge in [-0.15, -0.1) is 0 Å². The van der Waals surface area contributed by atoms with Gasteiger partial charge in [-0.05, 0) is 31.5 Å². The average molecular weight is 447 g/mol. The third-order valence-electron chi connectivity index (χ3n) is 5.77. The number of methoxy groups -OCH3 is 1. The second kappa shape index (κ2) is 9.23. The van der Waals surface area contributed by atoms with Gasteiger partial charge in [0.05, 0.1) is 29.6 Å². The molecule has 0 radical (unpaired) electrons. The standard InChI is InChI=1S/C24H25N5O4/c1-15-18(23(31)27-19-6-4-5-7-20(19)33-3)12-25-22(26-15)16-10-11-29(14-16)24(32)17-8-9-21(30)28(2)13-17/h4-9,12-13,16H,10-11,14H2,1-3H3,(H,27,31)/t16-/m0/s1. The van der Waals surface area contributed by atoms with Crippen molar-refractivity contribution in [2.45, 2.75) is 19.3 Å². The Balaban J connectivity index is 1.46. The fourth-order valence-corrected chi connectivity index (χ4v) is 3.90. The normalized spacial score (nSPS) is 15.4. The lowest BCUT2D eigenvalue weighted by Gasteiger charge is -2.17. The van der Waals surface area contributed by atoms with Crippen LogP contribution < -0.4 is 15.6 Å². The summed E-state index contributed by atoms with van der Waals surface area (Å²) in [4.78, 5) is 47.9. The first-order valence-electron chi connectivity index (χ1n) is 10.6. The molecule has 3 heterocycles. The van der Waals surface area contributed by atoms with Gasteiger partial charge < -0.3 is 19.5 Å². The van der Waals surface area contributed by atoms with E-state index in [1.807, 2.05) is 12.1 Å². The van der Waals surface area contributed by atoms with E-state index in [4.69, 9.17) is 4.74 Å². The first-order valence-corrected chi connectivity index (χ1v) is 10.6. The third-order valence-corrected chi connectivity index (χ3v) is 5.77. The molecule has 4 rings (SSSR count). The van der Waals surface area contributed by atoms with Crippen LogP contribution in [-0.4, -0.2) is 51.4 Å². The number of rotatable bonds is 5. The zero-order chi connectivity index (χ0) is 23.5. The van der Waals surface area contributed by atoms with Crippen LogP contribution in [0.1, 0.15) is 44.6 Å². The zero-order valence-electron chi connectivity index (χ0n) is 18.7. The van der Waals surface area contributed by atoms with E-state index >= 15 is 0 Å². The van der Waals surface area contributed by atoms with Gasteiger partial charge in [0.25, 0.3) is 11.8 Å². The highest BCUT2D eigenvalue weighted by atomic mass is 16.5. The second-order valence-electron chi connectivity index (χ2n) is 7.99. The van der Waals surface area contributed by atoms with Gasteiger partial charge in [-0.2, -0.15) is 0 Å². The number of likely N-dealkylation sites (tertiary alicyclic amines) is 1. The topological polar surface area (TPSA) is 106 Å². The van der Waals surface area contributed by atoms with Crippen molar-refractivity contribution in [3.05, 3.63) is 81.8 Å². The van der Waals surface area contributed by atoms with E-state index in [0.29, 0.717) is 47.2 Å². The second-order valence-corrected chi connectivity index (χ2v) is 7.99. The molecule has 0 unspecified atom stereocenters. The maximum absolute atomic E-state index is 12.8. The first kappa shape index (κ1) is 22.2. The number of para-hydroxylation sites is 2. The Morgan fingerprint density at radius 2 is 1.97 bits per heavy atom. The van der Waals surface area contributed by atoms with E-state index in [1.54, 1.807) is 50.4 Å². The summed E-state index contributed by atoms with van der Waals surface area (Å²) < 4.78 is 6.67. The quantitative estimate of drug-likeness (QED) is 0.644. The van der Waals surface area contributed by atoms with Crippen molar-refractivity contribution in [2.24, 2.45) is 7.05 Å². The summed E-state index contributed by atoms with van der Waals surface area (Å²) in [5.74, 6) is 0.706. The molecule has 2 amide bonds. The van der Waals surface area contributed by atoms with Crippen LogP contribution in [0, 0.1) is 6.92 Å². The number of hydrogen-bond donors (Lipinski definition) is 1. The van der Waals surface area contributed by atoms with Crippen molar-refractivity contribution in [2.75, 3.05) is 25.5 Å². The molecule has 9 heteroatoms. The molecule has 0 aliphatic carbocycles. The van der Waals surface area contributed by atoms with Gasteiger partial charge in [0, 0.05) is 44.5 Å². The van der Waals surface area contributed by atoms with Gasteiger partial charge in [0.2, 0.25) is 5.56 Å². The van der Waals surface area contributed by atoms with Crippen molar-refractivity contribution in [1.82, 2.24) is 19.4 Å². The molecule has 1 atom stereocenters. The molecule has 1 aliphatic heterocycles. The number of carbonyl (C=O) groups is 2. The number of ether oxygens (including phenoxy) is 1. The number of nitrogens with zero attached hydrogens (tertiary/aromatic N) is 4. The zero-order valence-corrected chi connectivity index (χ0v) is 18.7. The van der Waals surface area contributed by atoms with Gasteiger partial charge in [0.1, 0.15) is 11.6 Å². The molecule has 3 aromatic rings. The van der Waals surface area contributed by atoms with Gasteiger partial charge >= 0.3 is 0 Å². The van der Waals surface area contributed by atoms with Crippen LogP contribution in [0.25, 0.3) is 0 Å². The molecule has 170 valence electrons. The van der Waals surface area contributed by atoms with Crippen LogP contribution >= 0.6 is 0 Å². The number of hydrogen-bond acceptors (Lipinski definition) is 6. The van der Waals surface area contributed by atoms with E-state index < -0.39 is 0 Å². The molecular formula is C24H25N5O4. The highest BCUT2D eigenvalue weighted by Gasteiger charge is 2.30. The third kappa shape index (κ3) is 4.62. The van der Waals surface area contributed by atoms with E-state index in [9.17, 15) is 14.4 Å². The van der Waals surface area contributed by atoms with Crippen molar-refractivity contribution >= 4 is 17.5 Å². The Kier molecular flexibility index (Phi) is 6.21. The van der Waals surface area contributed by atoms with Gasteiger partial charge in [-0.1, -0.05) is 12.1 Å². The van der Waals surface area contributed by atoms with Crippen molar-refractivity contribution in [3.8, 4) is 5.75 Å². The number of aryl methyl sites for hydroxylation is 2. The Bertz CT molecular complexity index is 1270. The Morgan fingerprint density at radius 1 is 1.18 bits per heavy atom. The van der Waals surface area contributed by atoms with Gasteiger partial charge in [-0.3, -0.25) is 14.4 Å². The van der Waals surface area contributed by atoms with Crippen molar-refractivity contribution in [1.29, 1.82) is 0 Å². The monoisotopic (exact) mass is 447 g/mol. The summed E-state index contributed by atoms with van der Waals surface area (Å²) in [5, 5.41) is 2.84. The van der Waals surface area contributed by atoms with E-state index in [1.165, 1.54) is 16.8 Å². The Labute approximate surface area is 191 Å². The molecule has 33 heavy (non-hydrogen) atoms. The number of carbonyl (C=O) groups excluding carboxylic acids is 2. The largest absolute Gasteiger partial charge is 0.495 e. The van der Waals surface area contributed by atoms with Crippen LogP contribution in [0.2, 0.25) is 0 Å². The minimum atomic E-state index is -0.318. The molecule has 0 spiro atoms. The van der Waals surface area contributed by atoms with Crippen molar-refractivity contribution in [3.63, 3.8) is 0 Å². The first-order chi connectivity index (χ1) is 15.9. The highest BCUT2D eigenvalue weighted by molar-refractivity contribution is 6.05. The van der Waals surface area contributed by atoms with Crippen LogP contribution in [0.3, 0.4) is 0 Å². The summed E-state index contributed by atoms with van der Waals surface area (Å²) in [6.07, 6.45) is 3.80. The number of anilines is 1. The number of benzene rings is 1. The summed E-state index contributed by atoms with van der Waals surface area (Å²) >= 11 is 0. The summed E-state index contributed by atoms with van der Waals surface area (Å²) in [6.45, 7) is 2.82.